The molecule has 0 heterocycles. The van der Waals surface area contributed by atoms with Gasteiger partial charge in [-0.2, -0.15) is 0 Å². The van der Waals surface area contributed by atoms with Gasteiger partial charge in [-0.15, -0.1) is 0 Å². The molecule has 6 heteroatoms. The minimum absolute atomic E-state index is 0.0765. The molecule has 1 atom stereocenters. The van der Waals surface area contributed by atoms with Gasteiger partial charge in [-0.1, -0.05) is 293 Å². The maximum Gasteiger partial charge on any atom is 0.306 e. The maximum atomic E-state index is 12.8. The van der Waals surface area contributed by atoms with Crippen LogP contribution < -0.4 is 0 Å². The molecule has 0 aromatic carbocycles. The predicted molar refractivity (Wildman–Crippen MR) is 325 cm³/mol. The molecule has 0 spiro atoms. The van der Waals surface area contributed by atoms with E-state index in [2.05, 4.69) is 81.5 Å². The Hall–Kier alpha value is -2.89. The minimum atomic E-state index is -0.776. The van der Waals surface area contributed by atoms with Gasteiger partial charge in [0, 0.05) is 19.3 Å². The lowest BCUT2D eigenvalue weighted by Crippen LogP contribution is -2.30. The number of unbranched alkanes of at least 4 members (excludes halogenated alkanes) is 39. The summed E-state index contributed by atoms with van der Waals surface area (Å²) in [4.78, 5) is 37.9. The van der Waals surface area contributed by atoms with Crippen LogP contribution >= 0.6 is 0 Å². The van der Waals surface area contributed by atoms with Crippen molar-refractivity contribution in [3.8, 4) is 0 Å². The first-order chi connectivity index (χ1) is 37.0. The summed E-state index contributed by atoms with van der Waals surface area (Å²) in [5.74, 6) is -0.889. The molecule has 0 aliphatic heterocycles. The average molecular weight is 1050 g/mol. The van der Waals surface area contributed by atoms with Gasteiger partial charge in [0.25, 0.3) is 0 Å². The molecule has 0 aliphatic rings. The molecule has 0 rings (SSSR count). The van der Waals surface area contributed by atoms with Gasteiger partial charge in [-0.05, 0) is 89.9 Å². The fourth-order valence-electron chi connectivity index (χ4n) is 9.54. The molecule has 0 saturated carbocycles. The Kier molecular flexibility index (Phi) is 61.2. The maximum absolute atomic E-state index is 12.8. The van der Waals surface area contributed by atoms with E-state index in [1.807, 2.05) is 0 Å². The van der Waals surface area contributed by atoms with E-state index in [4.69, 9.17) is 14.2 Å². The van der Waals surface area contributed by atoms with Crippen LogP contribution in [0.4, 0.5) is 0 Å². The standard InChI is InChI=1S/C69H124O6/c1-4-7-10-13-15-17-19-21-23-25-27-28-29-30-31-32-33-34-35-36-37-38-39-40-42-43-45-47-49-51-53-56-59-62-68(71)74-65-66(64-73-67(70)61-58-55-12-9-6-3)75-69(72)63-60-57-54-52-50-48-46-44-41-26-24-22-20-18-16-14-11-8-5-2/h16,18-19,21-22,24-25,27,41,44,66H,4-15,17,20,23,26,28-40,42-43,45-65H2,1-3H3/b18-16-,21-19-,24-22-,27-25-,44-41-. The molecule has 0 bridgehead atoms. The molecule has 0 amide bonds. The third-order valence-corrected chi connectivity index (χ3v) is 14.5. The van der Waals surface area contributed by atoms with Crippen molar-refractivity contribution in [1.82, 2.24) is 0 Å². The molecule has 0 aromatic rings. The second-order valence-electron chi connectivity index (χ2n) is 22.0. The monoisotopic (exact) mass is 1050 g/mol. The summed E-state index contributed by atoms with van der Waals surface area (Å²) in [5.41, 5.74) is 0. The molecule has 0 N–H and O–H groups in total. The number of esters is 3. The molecular weight excluding hydrogens is 925 g/mol. The minimum Gasteiger partial charge on any atom is -0.462 e. The van der Waals surface area contributed by atoms with E-state index < -0.39 is 6.10 Å². The van der Waals surface area contributed by atoms with E-state index in [-0.39, 0.29) is 31.1 Å². The van der Waals surface area contributed by atoms with E-state index in [9.17, 15) is 14.4 Å². The summed E-state index contributed by atoms with van der Waals surface area (Å²) in [6, 6.07) is 0. The molecule has 6 nitrogen and oxygen atoms in total. The van der Waals surface area contributed by atoms with Crippen LogP contribution in [0.1, 0.15) is 342 Å². The fourth-order valence-corrected chi connectivity index (χ4v) is 9.54. The van der Waals surface area contributed by atoms with Crippen molar-refractivity contribution < 1.29 is 28.6 Å². The highest BCUT2D eigenvalue weighted by Crippen LogP contribution is 2.17. The summed E-state index contributed by atoms with van der Waals surface area (Å²) in [6.07, 6.45) is 81.5. The third-order valence-electron chi connectivity index (χ3n) is 14.5. The van der Waals surface area contributed by atoms with Gasteiger partial charge in [0.2, 0.25) is 0 Å². The van der Waals surface area contributed by atoms with Crippen LogP contribution in [0.25, 0.3) is 0 Å². The molecule has 0 saturated heterocycles. The van der Waals surface area contributed by atoms with Crippen molar-refractivity contribution in [2.24, 2.45) is 0 Å². The summed E-state index contributed by atoms with van der Waals surface area (Å²) in [7, 11) is 0. The zero-order valence-corrected chi connectivity index (χ0v) is 50.1. The second kappa shape index (κ2) is 63.6. The van der Waals surface area contributed by atoms with Gasteiger partial charge in [0.05, 0.1) is 0 Å². The molecule has 0 aliphatic carbocycles. The van der Waals surface area contributed by atoms with Gasteiger partial charge in [0.15, 0.2) is 6.10 Å². The van der Waals surface area contributed by atoms with Crippen LogP contribution in [-0.2, 0) is 28.6 Å². The zero-order valence-electron chi connectivity index (χ0n) is 50.1. The average Bonchev–Trinajstić information content (AvgIpc) is 3.41. The van der Waals surface area contributed by atoms with E-state index in [0.717, 1.165) is 89.9 Å². The van der Waals surface area contributed by atoms with Crippen LogP contribution in [0.2, 0.25) is 0 Å². The number of carbonyl (C=O) groups excluding carboxylic acids is 3. The van der Waals surface area contributed by atoms with E-state index in [1.165, 1.54) is 212 Å². The topological polar surface area (TPSA) is 78.9 Å². The lowest BCUT2D eigenvalue weighted by atomic mass is 10.0. The summed E-state index contributed by atoms with van der Waals surface area (Å²) >= 11 is 0. The summed E-state index contributed by atoms with van der Waals surface area (Å²) < 4.78 is 16.8. The quantitative estimate of drug-likeness (QED) is 0.0261. The molecular formula is C69H124O6. The van der Waals surface area contributed by atoms with Crippen LogP contribution in [0.15, 0.2) is 60.8 Å². The van der Waals surface area contributed by atoms with E-state index in [1.54, 1.807) is 0 Å². The number of hydrogen-bond acceptors (Lipinski definition) is 6. The molecule has 0 aromatic heterocycles. The Balaban J connectivity index is 3.93. The van der Waals surface area contributed by atoms with Crippen molar-refractivity contribution in [2.75, 3.05) is 13.2 Å². The number of ether oxygens (including phenoxy) is 3. The Morgan fingerprint density at radius 1 is 0.267 bits per heavy atom. The van der Waals surface area contributed by atoms with Gasteiger partial charge < -0.3 is 14.2 Å². The summed E-state index contributed by atoms with van der Waals surface area (Å²) in [5, 5.41) is 0. The van der Waals surface area contributed by atoms with Crippen molar-refractivity contribution in [3.05, 3.63) is 60.8 Å². The first-order valence-corrected chi connectivity index (χ1v) is 32.8. The normalized spacial score (nSPS) is 12.4. The molecule has 0 radical (unpaired) electrons. The number of rotatable bonds is 60. The smallest absolute Gasteiger partial charge is 0.306 e. The van der Waals surface area contributed by atoms with Gasteiger partial charge in [0.1, 0.15) is 13.2 Å². The lowest BCUT2D eigenvalue weighted by Gasteiger charge is -2.18. The summed E-state index contributed by atoms with van der Waals surface area (Å²) in [6.45, 7) is 6.54. The lowest BCUT2D eigenvalue weighted by molar-refractivity contribution is -0.167. The fraction of sp³-hybridized carbons (Fsp3) is 0.812. The molecule has 1 unspecified atom stereocenters. The van der Waals surface area contributed by atoms with Crippen LogP contribution in [0, 0.1) is 0 Å². The molecule has 0 fully saturated rings. The van der Waals surface area contributed by atoms with E-state index >= 15 is 0 Å². The molecule has 75 heavy (non-hydrogen) atoms. The van der Waals surface area contributed by atoms with Crippen molar-refractivity contribution in [1.29, 1.82) is 0 Å². The number of hydrogen-bond donors (Lipinski definition) is 0. The Morgan fingerprint density at radius 3 is 0.773 bits per heavy atom. The largest absolute Gasteiger partial charge is 0.462 e. The van der Waals surface area contributed by atoms with Gasteiger partial charge in [-0.3, -0.25) is 14.4 Å². The van der Waals surface area contributed by atoms with Crippen LogP contribution in [0.3, 0.4) is 0 Å². The third kappa shape index (κ3) is 61.8. The van der Waals surface area contributed by atoms with Crippen LogP contribution in [0.5, 0.6) is 0 Å². The number of carbonyl (C=O) groups is 3. The van der Waals surface area contributed by atoms with Crippen molar-refractivity contribution >= 4 is 17.9 Å². The SMILES string of the molecule is CCCCC/C=C\C/C=C\C/C=C\CCCCCCCCC(=O)OC(COC(=O)CCCCCCC)COC(=O)CCCCCCCCCCCCCCCCCCCCCCC/C=C\C/C=C\CCCCCCC. The van der Waals surface area contributed by atoms with Crippen LogP contribution in [-0.4, -0.2) is 37.2 Å². The highest BCUT2D eigenvalue weighted by Gasteiger charge is 2.19. The second-order valence-corrected chi connectivity index (χ2v) is 22.0. The highest BCUT2D eigenvalue weighted by atomic mass is 16.6. The highest BCUT2D eigenvalue weighted by molar-refractivity contribution is 5.71. The molecule has 436 valence electrons. The predicted octanol–water partition coefficient (Wildman–Crippen LogP) is 22.3. The Labute approximate surface area is 466 Å². The van der Waals surface area contributed by atoms with Gasteiger partial charge >= 0.3 is 17.9 Å². The number of allylic oxidation sites excluding steroid dienone is 10. The zero-order chi connectivity index (χ0) is 54.3. The van der Waals surface area contributed by atoms with Crippen molar-refractivity contribution in [2.45, 2.75) is 348 Å². The van der Waals surface area contributed by atoms with E-state index in [0.29, 0.717) is 19.3 Å². The first-order valence-electron chi connectivity index (χ1n) is 32.8. The van der Waals surface area contributed by atoms with Crippen molar-refractivity contribution in [3.63, 3.8) is 0 Å². The van der Waals surface area contributed by atoms with Gasteiger partial charge in [-0.25, -0.2) is 0 Å². The first kappa shape index (κ1) is 72.1. The Morgan fingerprint density at radius 2 is 0.480 bits per heavy atom. The Bertz CT molecular complexity index is 1340.